The van der Waals surface area contributed by atoms with Gasteiger partial charge >= 0.3 is 5.97 Å². The van der Waals surface area contributed by atoms with Gasteiger partial charge in [-0.25, -0.2) is 9.97 Å². The molecule has 0 radical (unpaired) electrons. The van der Waals surface area contributed by atoms with E-state index in [9.17, 15) is 4.79 Å². The Morgan fingerprint density at radius 3 is 2.04 bits per heavy atom. The summed E-state index contributed by atoms with van der Waals surface area (Å²) in [6, 6.07) is 18.5. The Morgan fingerprint density at radius 1 is 0.840 bits per heavy atom. The van der Waals surface area contributed by atoms with Gasteiger partial charge in [-0.1, -0.05) is 54.6 Å². The number of hydrogen-bond donors (Lipinski definition) is 0. The fourth-order valence-corrected chi connectivity index (χ4v) is 3.59. The SMILES string of the molecule is COC(=O)[C@@H]1[C@H](c2ccccc2)[C@H]1c1ccc(-c2cncnc2)cc1. The third-order valence-electron chi connectivity index (χ3n) is 4.87. The molecule has 0 unspecified atom stereocenters. The molecule has 124 valence electrons. The van der Waals surface area contributed by atoms with Crippen LogP contribution in [0.5, 0.6) is 0 Å². The molecule has 1 heterocycles. The average molecular weight is 330 g/mol. The Bertz CT molecular complexity index is 863. The summed E-state index contributed by atoms with van der Waals surface area (Å²) in [5.74, 6) is 0.0909. The van der Waals surface area contributed by atoms with E-state index in [1.165, 1.54) is 19.0 Å². The van der Waals surface area contributed by atoms with Gasteiger partial charge in [0.1, 0.15) is 6.33 Å². The van der Waals surface area contributed by atoms with Crippen LogP contribution in [0.15, 0.2) is 73.3 Å². The standard InChI is InChI=1S/C21H18N2O2/c1-25-21(24)20-18(15-5-3-2-4-6-15)19(20)16-9-7-14(8-10-16)17-11-22-13-23-12-17/h2-13,18-20H,1H3/t18-,19-,20-/m1/s1. The molecule has 25 heavy (non-hydrogen) atoms. The molecule has 0 N–H and O–H groups in total. The molecular weight excluding hydrogens is 312 g/mol. The summed E-state index contributed by atoms with van der Waals surface area (Å²) >= 11 is 0. The third kappa shape index (κ3) is 2.91. The van der Waals surface area contributed by atoms with Crippen molar-refractivity contribution >= 4 is 5.97 Å². The third-order valence-corrected chi connectivity index (χ3v) is 4.87. The Balaban J connectivity index is 1.63. The van der Waals surface area contributed by atoms with Crippen LogP contribution in [0.2, 0.25) is 0 Å². The first-order valence-corrected chi connectivity index (χ1v) is 8.27. The van der Waals surface area contributed by atoms with Crippen LogP contribution in [0, 0.1) is 5.92 Å². The highest BCUT2D eigenvalue weighted by Gasteiger charge is 2.56. The number of aromatic nitrogens is 2. The maximum absolute atomic E-state index is 12.2. The summed E-state index contributed by atoms with van der Waals surface area (Å²) in [7, 11) is 1.46. The van der Waals surface area contributed by atoms with Crippen molar-refractivity contribution in [1.29, 1.82) is 0 Å². The summed E-state index contributed by atoms with van der Waals surface area (Å²) in [5.41, 5.74) is 4.39. The highest BCUT2D eigenvalue weighted by atomic mass is 16.5. The molecule has 4 nitrogen and oxygen atoms in total. The number of carbonyl (C=O) groups excluding carboxylic acids is 1. The minimum atomic E-state index is -0.139. The highest BCUT2D eigenvalue weighted by Crippen LogP contribution is 2.60. The molecule has 4 heteroatoms. The monoisotopic (exact) mass is 330 g/mol. The number of carbonyl (C=O) groups is 1. The van der Waals surface area contributed by atoms with Gasteiger partial charge in [-0.15, -0.1) is 0 Å². The van der Waals surface area contributed by atoms with Gasteiger partial charge in [0.2, 0.25) is 0 Å². The minimum Gasteiger partial charge on any atom is -0.469 e. The molecule has 0 saturated heterocycles. The fraction of sp³-hybridized carbons (Fsp3) is 0.190. The Morgan fingerprint density at radius 2 is 1.44 bits per heavy atom. The average Bonchev–Trinajstić information content (AvgIpc) is 3.44. The summed E-state index contributed by atoms with van der Waals surface area (Å²) < 4.78 is 5.02. The van der Waals surface area contributed by atoms with Crippen molar-refractivity contribution in [3.05, 3.63) is 84.4 Å². The van der Waals surface area contributed by atoms with Crippen molar-refractivity contribution in [2.45, 2.75) is 11.8 Å². The largest absolute Gasteiger partial charge is 0.469 e. The molecule has 1 aliphatic carbocycles. The van der Waals surface area contributed by atoms with Crippen LogP contribution in [0.1, 0.15) is 23.0 Å². The summed E-state index contributed by atoms with van der Waals surface area (Å²) in [4.78, 5) is 20.3. The number of benzene rings is 2. The lowest BCUT2D eigenvalue weighted by Gasteiger charge is -2.04. The molecule has 1 fully saturated rings. The maximum Gasteiger partial charge on any atom is 0.309 e. The second-order valence-electron chi connectivity index (χ2n) is 6.26. The Hall–Kier alpha value is -3.01. The lowest BCUT2D eigenvalue weighted by molar-refractivity contribution is -0.142. The van der Waals surface area contributed by atoms with Gasteiger partial charge in [0.15, 0.2) is 0 Å². The number of esters is 1. The van der Waals surface area contributed by atoms with Crippen LogP contribution in [-0.2, 0) is 9.53 Å². The molecule has 2 aromatic carbocycles. The fourth-order valence-electron chi connectivity index (χ4n) is 3.59. The predicted molar refractivity (Wildman–Crippen MR) is 94.9 cm³/mol. The summed E-state index contributed by atoms with van der Waals surface area (Å²) in [5, 5.41) is 0. The molecule has 4 rings (SSSR count). The normalized spacial score (nSPS) is 21.6. The van der Waals surface area contributed by atoms with Crippen molar-refractivity contribution in [3.63, 3.8) is 0 Å². The maximum atomic E-state index is 12.2. The second kappa shape index (κ2) is 6.48. The van der Waals surface area contributed by atoms with Crippen molar-refractivity contribution in [2.24, 2.45) is 5.92 Å². The number of ether oxygens (including phenoxy) is 1. The molecule has 1 saturated carbocycles. The molecule has 0 amide bonds. The van der Waals surface area contributed by atoms with E-state index in [-0.39, 0.29) is 23.7 Å². The van der Waals surface area contributed by atoms with E-state index in [1.54, 1.807) is 12.4 Å². The van der Waals surface area contributed by atoms with Crippen LogP contribution in [0.4, 0.5) is 0 Å². The van der Waals surface area contributed by atoms with E-state index in [0.29, 0.717) is 0 Å². The first-order chi connectivity index (χ1) is 12.3. The molecule has 0 bridgehead atoms. The quantitative estimate of drug-likeness (QED) is 0.683. The first-order valence-electron chi connectivity index (χ1n) is 8.27. The van der Waals surface area contributed by atoms with E-state index in [2.05, 4.69) is 46.4 Å². The van der Waals surface area contributed by atoms with Gasteiger partial charge in [0, 0.05) is 29.8 Å². The summed E-state index contributed by atoms with van der Waals surface area (Å²) in [6.07, 6.45) is 5.11. The molecule has 3 aromatic rings. The number of rotatable bonds is 4. The Labute approximate surface area is 146 Å². The zero-order valence-corrected chi connectivity index (χ0v) is 13.9. The van der Waals surface area contributed by atoms with Crippen molar-refractivity contribution < 1.29 is 9.53 Å². The Kier molecular flexibility index (Phi) is 4.02. The summed E-state index contributed by atoms with van der Waals surface area (Å²) in [6.45, 7) is 0. The van der Waals surface area contributed by atoms with E-state index < -0.39 is 0 Å². The first kappa shape index (κ1) is 15.5. The smallest absolute Gasteiger partial charge is 0.309 e. The van der Waals surface area contributed by atoms with Crippen LogP contribution < -0.4 is 0 Å². The topological polar surface area (TPSA) is 52.1 Å². The van der Waals surface area contributed by atoms with E-state index >= 15 is 0 Å². The molecule has 1 aliphatic rings. The predicted octanol–water partition coefficient (Wildman–Crippen LogP) is 3.81. The molecule has 0 spiro atoms. The van der Waals surface area contributed by atoms with Crippen molar-refractivity contribution in [2.75, 3.05) is 7.11 Å². The number of hydrogen-bond acceptors (Lipinski definition) is 4. The molecule has 3 atom stereocenters. The second-order valence-corrected chi connectivity index (χ2v) is 6.26. The zero-order chi connectivity index (χ0) is 17.2. The van der Waals surface area contributed by atoms with Gasteiger partial charge < -0.3 is 4.74 Å². The molecule has 1 aromatic heterocycles. The number of methoxy groups -OCH3 is 1. The molecule has 0 aliphatic heterocycles. The van der Waals surface area contributed by atoms with Gasteiger partial charge in [-0.05, 0) is 16.7 Å². The van der Waals surface area contributed by atoms with E-state index in [1.807, 2.05) is 18.2 Å². The van der Waals surface area contributed by atoms with Crippen LogP contribution in [-0.4, -0.2) is 23.0 Å². The molecular formula is C21H18N2O2. The number of nitrogens with zero attached hydrogens (tertiary/aromatic N) is 2. The van der Waals surface area contributed by atoms with Crippen LogP contribution >= 0.6 is 0 Å². The minimum absolute atomic E-state index is 0.113. The van der Waals surface area contributed by atoms with Crippen molar-refractivity contribution in [1.82, 2.24) is 9.97 Å². The van der Waals surface area contributed by atoms with Gasteiger partial charge in [0.25, 0.3) is 0 Å². The van der Waals surface area contributed by atoms with Crippen molar-refractivity contribution in [3.8, 4) is 11.1 Å². The van der Waals surface area contributed by atoms with E-state index in [0.717, 1.165) is 16.7 Å². The van der Waals surface area contributed by atoms with Crippen LogP contribution in [0.3, 0.4) is 0 Å². The lowest BCUT2D eigenvalue weighted by atomic mass is 10.0. The highest BCUT2D eigenvalue weighted by molar-refractivity contribution is 5.80. The van der Waals surface area contributed by atoms with Crippen LogP contribution in [0.25, 0.3) is 11.1 Å². The van der Waals surface area contributed by atoms with Gasteiger partial charge in [-0.3, -0.25) is 4.79 Å². The van der Waals surface area contributed by atoms with Gasteiger partial charge in [-0.2, -0.15) is 0 Å². The zero-order valence-electron chi connectivity index (χ0n) is 13.9. The van der Waals surface area contributed by atoms with E-state index in [4.69, 9.17) is 4.74 Å². The lowest BCUT2D eigenvalue weighted by Crippen LogP contribution is -2.05. The van der Waals surface area contributed by atoms with Gasteiger partial charge in [0.05, 0.1) is 13.0 Å².